The number of aromatic nitrogens is 3. The standard InChI is InChI=1S/C26H25ClN8/c1-16-10-18(21-12-19(27)5-7-23(21)34(3)15-32-29-2)11-20-6-8-24(35(16)20)26-31-14-22(33-26)17-4-9-25(28)30-13-17/h4-5,7,9-15,24H,1-2,6,8H2,3H3,(H2,28,30)(H,31,33)/b32-15-. The van der Waals surface area contributed by atoms with Gasteiger partial charge in [0.25, 0.3) is 0 Å². The van der Waals surface area contributed by atoms with Gasteiger partial charge in [0.2, 0.25) is 0 Å². The average Bonchev–Trinajstić information content (AvgIpc) is 3.50. The van der Waals surface area contributed by atoms with Gasteiger partial charge in [0, 0.05) is 53.2 Å². The number of nitrogens with one attached hydrogen (secondary N) is 1. The van der Waals surface area contributed by atoms with Gasteiger partial charge in [-0.2, -0.15) is 5.10 Å². The maximum absolute atomic E-state index is 6.37. The van der Waals surface area contributed by atoms with Crippen LogP contribution in [0.3, 0.4) is 0 Å². The summed E-state index contributed by atoms with van der Waals surface area (Å²) in [4.78, 5) is 16.5. The molecule has 1 fully saturated rings. The highest BCUT2D eigenvalue weighted by atomic mass is 35.5. The number of allylic oxidation sites excluding steroid dienone is 4. The molecular formula is C26H25ClN8. The Hall–Kier alpha value is -4.17. The molecule has 8 nitrogen and oxygen atoms in total. The molecule has 176 valence electrons. The van der Waals surface area contributed by atoms with Crippen LogP contribution in [0.1, 0.15) is 30.3 Å². The molecule has 4 heterocycles. The minimum Gasteiger partial charge on any atom is -0.384 e. The second-order valence-electron chi connectivity index (χ2n) is 8.45. The monoisotopic (exact) mass is 484 g/mol. The number of nitrogen functional groups attached to an aromatic ring is 1. The van der Waals surface area contributed by atoms with Crippen molar-refractivity contribution in [2.24, 2.45) is 10.2 Å². The summed E-state index contributed by atoms with van der Waals surface area (Å²) in [6, 6.07) is 9.58. The zero-order valence-corrected chi connectivity index (χ0v) is 20.1. The van der Waals surface area contributed by atoms with Crippen molar-refractivity contribution in [2.75, 3.05) is 17.7 Å². The van der Waals surface area contributed by atoms with Crippen LogP contribution in [0.5, 0.6) is 0 Å². The van der Waals surface area contributed by atoms with Crippen LogP contribution in [0.4, 0.5) is 11.5 Å². The predicted octanol–water partition coefficient (Wildman–Crippen LogP) is 5.42. The van der Waals surface area contributed by atoms with Crippen LogP contribution in [0, 0.1) is 0 Å². The Morgan fingerprint density at radius 2 is 2.09 bits per heavy atom. The van der Waals surface area contributed by atoms with Crippen molar-refractivity contribution in [3.8, 4) is 11.3 Å². The number of imidazole rings is 1. The predicted molar refractivity (Wildman–Crippen MR) is 143 cm³/mol. The lowest BCUT2D eigenvalue weighted by Crippen LogP contribution is -2.23. The van der Waals surface area contributed by atoms with Gasteiger partial charge < -0.3 is 20.5 Å². The molecular weight excluding hydrogens is 460 g/mol. The summed E-state index contributed by atoms with van der Waals surface area (Å²) in [5.41, 5.74) is 12.7. The smallest absolute Gasteiger partial charge is 0.129 e. The third-order valence-electron chi connectivity index (χ3n) is 6.21. The van der Waals surface area contributed by atoms with Crippen LogP contribution in [0.15, 0.2) is 83.1 Å². The van der Waals surface area contributed by atoms with Crippen molar-refractivity contribution in [3.63, 3.8) is 0 Å². The van der Waals surface area contributed by atoms with Crippen LogP contribution >= 0.6 is 11.6 Å². The number of benzene rings is 1. The number of H-pyrrole nitrogens is 1. The first-order chi connectivity index (χ1) is 16.9. The average molecular weight is 485 g/mol. The molecule has 35 heavy (non-hydrogen) atoms. The minimum absolute atomic E-state index is 0.0781. The number of hydrogen-bond acceptors (Lipinski definition) is 6. The Balaban J connectivity index is 1.44. The van der Waals surface area contributed by atoms with Crippen LogP contribution in [0.25, 0.3) is 16.8 Å². The topological polar surface area (TPSA) is 98.8 Å². The number of halogens is 1. The number of nitrogens with two attached hydrogens (primary N) is 1. The van der Waals surface area contributed by atoms with E-state index in [1.54, 1.807) is 18.6 Å². The maximum Gasteiger partial charge on any atom is 0.129 e. The van der Waals surface area contributed by atoms with E-state index in [0.29, 0.717) is 10.8 Å². The Morgan fingerprint density at radius 1 is 1.23 bits per heavy atom. The van der Waals surface area contributed by atoms with Gasteiger partial charge in [-0.25, -0.2) is 9.97 Å². The molecule has 0 spiro atoms. The molecule has 5 rings (SSSR count). The first-order valence-corrected chi connectivity index (χ1v) is 11.5. The maximum atomic E-state index is 6.37. The van der Waals surface area contributed by atoms with Gasteiger partial charge in [-0.3, -0.25) is 0 Å². The first kappa shape index (κ1) is 22.6. The highest BCUT2D eigenvalue weighted by Gasteiger charge is 2.35. The van der Waals surface area contributed by atoms with Crippen LogP contribution in [-0.2, 0) is 0 Å². The highest BCUT2D eigenvalue weighted by Crippen LogP contribution is 2.45. The SMILES string of the molecule is C=N/N=C\N(C)c1ccc(Cl)cc1C1=CC(=C)N2C(=C1)CCC2c1ncc(-c2ccc(N)nc2)[nH]1. The van der Waals surface area contributed by atoms with Crippen molar-refractivity contribution in [3.05, 3.63) is 89.3 Å². The Labute approximate surface area is 208 Å². The van der Waals surface area contributed by atoms with Gasteiger partial charge >= 0.3 is 0 Å². The first-order valence-electron chi connectivity index (χ1n) is 11.1. The zero-order valence-electron chi connectivity index (χ0n) is 19.3. The zero-order chi connectivity index (χ0) is 24.5. The van der Waals surface area contributed by atoms with E-state index in [9.17, 15) is 0 Å². The van der Waals surface area contributed by atoms with Gasteiger partial charge in [0.05, 0.1) is 17.9 Å². The van der Waals surface area contributed by atoms with Gasteiger partial charge in [-0.1, -0.05) is 18.2 Å². The van der Waals surface area contributed by atoms with E-state index < -0.39 is 0 Å². The molecule has 0 bridgehead atoms. The van der Waals surface area contributed by atoms with E-state index in [0.717, 1.165) is 52.4 Å². The quantitative estimate of drug-likeness (QED) is 0.276. The summed E-state index contributed by atoms with van der Waals surface area (Å²) in [5, 5.41) is 8.12. The molecule has 1 unspecified atom stereocenters. The van der Waals surface area contributed by atoms with E-state index in [1.165, 1.54) is 5.70 Å². The van der Waals surface area contributed by atoms with E-state index in [1.807, 2.05) is 42.4 Å². The summed E-state index contributed by atoms with van der Waals surface area (Å²) in [5.74, 6) is 1.39. The van der Waals surface area contributed by atoms with Crippen molar-refractivity contribution in [2.45, 2.75) is 18.9 Å². The fourth-order valence-electron chi connectivity index (χ4n) is 4.59. The number of fused-ring (bicyclic) bond motifs is 1. The molecule has 2 aliphatic rings. The number of anilines is 2. The summed E-state index contributed by atoms with van der Waals surface area (Å²) >= 11 is 6.37. The molecule has 0 radical (unpaired) electrons. The number of aromatic amines is 1. The Bertz CT molecular complexity index is 1380. The van der Waals surface area contributed by atoms with Crippen LogP contribution in [0.2, 0.25) is 5.02 Å². The fourth-order valence-corrected chi connectivity index (χ4v) is 4.76. The van der Waals surface area contributed by atoms with E-state index >= 15 is 0 Å². The van der Waals surface area contributed by atoms with Gasteiger partial charge in [0.15, 0.2) is 0 Å². The van der Waals surface area contributed by atoms with Crippen LogP contribution in [-0.4, -0.2) is 40.0 Å². The largest absolute Gasteiger partial charge is 0.384 e. The van der Waals surface area contributed by atoms with Crippen LogP contribution < -0.4 is 10.6 Å². The molecule has 3 N–H and O–H groups in total. The number of pyridine rings is 1. The molecule has 9 heteroatoms. The summed E-state index contributed by atoms with van der Waals surface area (Å²) in [7, 11) is 1.91. The minimum atomic E-state index is 0.0781. The van der Waals surface area contributed by atoms with Crippen molar-refractivity contribution >= 4 is 41.7 Å². The molecule has 1 aromatic carbocycles. The van der Waals surface area contributed by atoms with Crippen molar-refractivity contribution < 1.29 is 0 Å². The second-order valence-corrected chi connectivity index (χ2v) is 8.89. The van der Waals surface area contributed by atoms with Gasteiger partial charge in [-0.05, 0) is 60.9 Å². The molecule has 0 saturated carbocycles. The lowest BCUT2D eigenvalue weighted by atomic mass is 9.98. The van der Waals surface area contributed by atoms with E-state index in [4.69, 9.17) is 17.3 Å². The highest BCUT2D eigenvalue weighted by molar-refractivity contribution is 6.31. The Morgan fingerprint density at radius 3 is 2.86 bits per heavy atom. The molecule has 0 aliphatic carbocycles. The number of rotatable bonds is 6. The number of nitrogens with zero attached hydrogens (tertiary/aromatic N) is 6. The number of hydrogen-bond donors (Lipinski definition) is 2. The summed E-state index contributed by atoms with van der Waals surface area (Å²) in [6.45, 7) is 7.78. The lowest BCUT2D eigenvalue weighted by molar-refractivity contribution is 0.366. The molecule has 1 saturated heterocycles. The fraction of sp³-hybridized carbons (Fsp3) is 0.154. The molecule has 2 aromatic heterocycles. The van der Waals surface area contributed by atoms with E-state index in [-0.39, 0.29) is 6.04 Å². The summed E-state index contributed by atoms with van der Waals surface area (Å²) < 4.78 is 0. The second kappa shape index (κ2) is 9.23. The van der Waals surface area contributed by atoms with Crippen molar-refractivity contribution in [1.29, 1.82) is 0 Å². The van der Waals surface area contributed by atoms with Gasteiger partial charge in [0.1, 0.15) is 18.0 Å². The third-order valence-corrected chi connectivity index (χ3v) is 6.45. The molecule has 2 aliphatic heterocycles. The molecule has 0 amide bonds. The van der Waals surface area contributed by atoms with Gasteiger partial charge in [-0.15, -0.1) is 5.10 Å². The molecule has 1 atom stereocenters. The normalized spacial score (nSPS) is 17.4. The Kier molecular flexibility index (Phi) is 5.96. The van der Waals surface area contributed by atoms with E-state index in [2.05, 4.69) is 55.5 Å². The van der Waals surface area contributed by atoms with Crippen molar-refractivity contribution in [1.82, 2.24) is 19.9 Å². The summed E-state index contributed by atoms with van der Waals surface area (Å²) in [6.07, 6.45) is 11.3. The lowest BCUT2D eigenvalue weighted by Gasteiger charge is -2.31. The third kappa shape index (κ3) is 4.36. The molecule has 3 aromatic rings.